The van der Waals surface area contributed by atoms with E-state index in [2.05, 4.69) is 10.3 Å². The van der Waals surface area contributed by atoms with Crippen molar-refractivity contribution < 1.29 is 9.84 Å². The number of likely N-dealkylation sites (N-methyl/N-ethyl adjacent to an activating group) is 1. The lowest BCUT2D eigenvalue weighted by molar-refractivity contribution is -0.0573. The predicted octanol–water partition coefficient (Wildman–Crippen LogP) is 0.276. The normalized spacial score (nSPS) is 19.2. The summed E-state index contributed by atoms with van der Waals surface area (Å²) in [7, 11) is 1.96. The Hall–Kier alpha value is -1.14. The highest BCUT2D eigenvalue weighted by Crippen LogP contribution is 2.23. The van der Waals surface area contributed by atoms with E-state index >= 15 is 0 Å². The Morgan fingerprint density at radius 1 is 1.53 bits per heavy atom. The fourth-order valence-electron chi connectivity index (χ4n) is 2.21. The number of nitrogens with zero attached hydrogens (tertiary/aromatic N) is 4. The smallest absolute Gasteiger partial charge is 0.147 e. The van der Waals surface area contributed by atoms with Gasteiger partial charge in [-0.15, -0.1) is 5.10 Å². The van der Waals surface area contributed by atoms with Crippen LogP contribution in [0.5, 0.6) is 0 Å². The van der Waals surface area contributed by atoms with E-state index in [0.717, 1.165) is 12.4 Å². The molecule has 0 aromatic carbocycles. The molecule has 0 radical (unpaired) electrons. The first kappa shape index (κ1) is 12.3. The predicted molar refractivity (Wildman–Crippen MR) is 64.0 cm³/mol. The van der Waals surface area contributed by atoms with Crippen molar-refractivity contribution in [2.45, 2.75) is 31.9 Å². The first-order valence-corrected chi connectivity index (χ1v) is 6.04. The van der Waals surface area contributed by atoms with Gasteiger partial charge in [0.15, 0.2) is 0 Å². The summed E-state index contributed by atoms with van der Waals surface area (Å²) in [6, 6.07) is 0. The number of anilines is 1. The molecule has 1 fully saturated rings. The molecule has 1 aliphatic rings. The van der Waals surface area contributed by atoms with E-state index in [4.69, 9.17) is 4.74 Å². The van der Waals surface area contributed by atoms with E-state index in [1.165, 1.54) is 0 Å². The van der Waals surface area contributed by atoms with Crippen LogP contribution in [0.1, 0.15) is 19.8 Å². The lowest BCUT2D eigenvalue weighted by Gasteiger charge is -2.35. The summed E-state index contributed by atoms with van der Waals surface area (Å²) in [5, 5.41) is 18.3. The van der Waals surface area contributed by atoms with Crippen LogP contribution in [-0.4, -0.2) is 52.5 Å². The van der Waals surface area contributed by atoms with Gasteiger partial charge in [0.2, 0.25) is 0 Å². The molecule has 0 amide bonds. The van der Waals surface area contributed by atoms with Crippen LogP contribution in [0.3, 0.4) is 0 Å². The van der Waals surface area contributed by atoms with Crippen molar-refractivity contribution in [2.75, 3.05) is 31.7 Å². The molecule has 0 unspecified atom stereocenters. The van der Waals surface area contributed by atoms with E-state index < -0.39 is 5.60 Å². The second-order valence-corrected chi connectivity index (χ2v) is 4.60. The van der Waals surface area contributed by atoms with Gasteiger partial charge in [-0.1, -0.05) is 5.21 Å². The van der Waals surface area contributed by atoms with Crippen LogP contribution in [-0.2, 0) is 11.3 Å². The van der Waals surface area contributed by atoms with Crippen LogP contribution in [0, 0.1) is 0 Å². The second kappa shape index (κ2) is 5.01. The number of rotatable bonds is 4. The van der Waals surface area contributed by atoms with E-state index in [0.29, 0.717) is 32.6 Å². The largest absolute Gasteiger partial charge is 0.388 e. The van der Waals surface area contributed by atoms with E-state index in [1.54, 1.807) is 6.20 Å². The molecule has 0 spiro atoms. The Bertz CT molecular complexity index is 360. The summed E-state index contributed by atoms with van der Waals surface area (Å²) in [5.41, 5.74) is -0.657. The highest BCUT2D eigenvalue weighted by atomic mass is 16.5. The SMILES string of the molecule is CCn1nncc1N(C)CC1(O)CCOCC1. The third kappa shape index (κ3) is 2.76. The van der Waals surface area contributed by atoms with Gasteiger partial charge in [0.25, 0.3) is 0 Å². The molecule has 0 bridgehead atoms. The quantitative estimate of drug-likeness (QED) is 0.818. The van der Waals surface area contributed by atoms with E-state index in [-0.39, 0.29) is 0 Å². The van der Waals surface area contributed by atoms with Crippen molar-refractivity contribution in [3.05, 3.63) is 6.20 Å². The van der Waals surface area contributed by atoms with Crippen LogP contribution < -0.4 is 4.90 Å². The minimum Gasteiger partial charge on any atom is -0.388 e. The van der Waals surface area contributed by atoms with Crippen LogP contribution in [0.15, 0.2) is 6.20 Å². The number of aromatic nitrogens is 3. The van der Waals surface area contributed by atoms with E-state index in [1.807, 2.05) is 23.6 Å². The fraction of sp³-hybridized carbons (Fsp3) is 0.818. The van der Waals surface area contributed by atoms with Crippen LogP contribution >= 0.6 is 0 Å². The highest BCUT2D eigenvalue weighted by molar-refractivity contribution is 5.35. The summed E-state index contributed by atoms with van der Waals surface area (Å²) in [6.45, 7) is 4.66. The Labute approximate surface area is 101 Å². The number of hydrogen-bond acceptors (Lipinski definition) is 5. The van der Waals surface area contributed by atoms with Crippen molar-refractivity contribution in [3.63, 3.8) is 0 Å². The van der Waals surface area contributed by atoms with Crippen molar-refractivity contribution in [3.8, 4) is 0 Å². The zero-order valence-electron chi connectivity index (χ0n) is 10.5. The average Bonchev–Trinajstić information content (AvgIpc) is 2.77. The molecule has 1 N–H and O–H groups in total. The molecule has 1 aromatic heterocycles. The fourth-order valence-corrected chi connectivity index (χ4v) is 2.21. The van der Waals surface area contributed by atoms with Gasteiger partial charge in [0.05, 0.1) is 11.8 Å². The third-order valence-corrected chi connectivity index (χ3v) is 3.24. The van der Waals surface area contributed by atoms with Crippen LogP contribution in [0.4, 0.5) is 5.82 Å². The number of ether oxygens (including phenoxy) is 1. The minimum absolute atomic E-state index is 0.587. The molecule has 1 aromatic rings. The summed E-state index contributed by atoms with van der Waals surface area (Å²) in [6.07, 6.45) is 3.10. The molecule has 0 atom stereocenters. The Balaban J connectivity index is 2.03. The molecular weight excluding hydrogens is 220 g/mol. The number of aliphatic hydroxyl groups is 1. The van der Waals surface area contributed by atoms with E-state index in [9.17, 15) is 5.11 Å². The Morgan fingerprint density at radius 3 is 2.88 bits per heavy atom. The molecule has 96 valence electrons. The third-order valence-electron chi connectivity index (χ3n) is 3.24. The Morgan fingerprint density at radius 2 is 2.24 bits per heavy atom. The summed E-state index contributed by atoms with van der Waals surface area (Å²) in [5.74, 6) is 0.937. The number of aryl methyl sites for hydroxylation is 1. The maximum Gasteiger partial charge on any atom is 0.147 e. The first-order valence-electron chi connectivity index (χ1n) is 6.04. The van der Waals surface area contributed by atoms with Crippen molar-refractivity contribution in [2.24, 2.45) is 0 Å². The van der Waals surface area contributed by atoms with Crippen molar-refractivity contribution >= 4 is 5.82 Å². The zero-order valence-corrected chi connectivity index (χ0v) is 10.5. The molecule has 1 aliphatic heterocycles. The molecular formula is C11H20N4O2. The summed E-state index contributed by atoms with van der Waals surface area (Å²) < 4.78 is 7.10. The summed E-state index contributed by atoms with van der Waals surface area (Å²) >= 11 is 0. The number of hydrogen-bond donors (Lipinski definition) is 1. The standard InChI is InChI=1S/C11H20N4O2/c1-3-15-10(8-12-13-15)14(2)9-11(16)4-6-17-7-5-11/h8,16H,3-7,9H2,1-2H3. The van der Waals surface area contributed by atoms with Gasteiger partial charge in [0, 0.05) is 46.2 Å². The maximum atomic E-state index is 10.4. The molecule has 0 saturated carbocycles. The lowest BCUT2D eigenvalue weighted by Crippen LogP contribution is -2.46. The molecule has 6 heteroatoms. The average molecular weight is 240 g/mol. The summed E-state index contributed by atoms with van der Waals surface area (Å²) in [4.78, 5) is 2.01. The molecule has 17 heavy (non-hydrogen) atoms. The van der Waals surface area contributed by atoms with Gasteiger partial charge >= 0.3 is 0 Å². The second-order valence-electron chi connectivity index (χ2n) is 4.60. The van der Waals surface area contributed by atoms with Crippen LogP contribution in [0.2, 0.25) is 0 Å². The maximum absolute atomic E-state index is 10.4. The topological polar surface area (TPSA) is 63.4 Å². The van der Waals surface area contributed by atoms with Gasteiger partial charge in [-0.25, -0.2) is 4.68 Å². The van der Waals surface area contributed by atoms with Crippen LogP contribution in [0.25, 0.3) is 0 Å². The Kier molecular flexibility index (Phi) is 3.63. The zero-order chi connectivity index (χ0) is 12.3. The van der Waals surface area contributed by atoms with Gasteiger partial charge in [-0.3, -0.25) is 0 Å². The minimum atomic E-state index is -0.657. The molecule has 2 heterocycles. The highest BCUT2D eigenvalue weighted by Gasteiger charge is 2.31. The van der Waals surface area contributed by atoms with Gasteiger partial charge in [-0.2, -0.15) is 0 Å². The van der Waals surface area contributed by atoms with Crippen molar-refractivity contribution in [1.29, 1.82) is 0 Å². The molecule has 2 rings (SSSR count). The van der Waals surface area contributed by atoms with Gasteiger partial charge in [0.1, 0.15) is 5.82 Å². The molecule has 0 aliphatic carbocycles. The lowest BCUT2D eigenvalue weighted by atomic mass is 9.94. The van der Waals surface area contributed by atoms with Crippen molar-refractivity contribution in [1.82, 2.24) is 15.0 Å². The van der Waals surface area contributed by atoms with Gasteiger partial charge < -0.3 is 14.7 Å². The monoisotopic (exact) mass is 240 g/mol. The van der Waals surface area contributed by atoms with Gasteiger partial charge in [-0.05, 0) is 6.92 Å². The first-order chi connectivity index (χ1) is 8.14. The molecule has 6 nitrogen and oxygen atoms in total. The molecule has 1 saturated heterocycles.